The molecule has 6 heteroatoms. The van der Waals surface area contributed by atoms with Gasteiger partial charge in [0.05, 0.1) is 16.7 Å². The molecule has 0 saturated heterocycles. The molecule has 0 fully saturated rings. The first kappa shape index (κ1) is 17.9. The number of nitrogens with zero attached hydrogens (tertiary/aromatic N) is 2. The number of aryl methyl sites for hydroxylation is 1. The van der Waals surface area contributed by atoms with Crippen molar-refractivity contribution < 1.29 is 9.18 Å². The average Bonchev–Trinajstić information content (AvgIpc) is 3.07. The zero-order valence-electron chi connectivity index (χ0n) is 14.8. The molecule has 2 aromatic carbocycles. The molecule has 0 unspecified atom stereocenters. The minimum Gasteiger partial charge on any atom is -0.372 e. The van der Waals surface area contributed by atoms with Gasteiger partial charge in [0.2, 0.25) is 5.91 Å². The molecule has 0 aliphatic rings. The number of aromatic nitrogens is 2. The Morgan fingerprint density at radius 3 is 2.77 bits per heavy atom. The highest BCUT2D eigenvalue weighted by Gasteiger charge is 2.08. The van der Waals surface area contributed by atoms with E-state index >= 15 is 0 Å². The van der Waals surface area contributed by atoms with Crippen LogP contribution in [-0.2, 0) is 11.2 Å². The fourth-order valence-electron chi connectivity index (χ4n) is 2.87. The number of benzene rings is 2. The number of aromatic amines is 1. The van der Waals surface area contributed by atoms with Gasteiger partial charge in [0.1, 0.15) is 11.6 Å². The molecule has 1 amide bonds. The van der Waals surface area contributed by atoms with Crippen LogP contribution in [0.15, 0.2) is 48.5 Å². The Balaban J connectivity index is 1.37. The van der Waals surface area contributed by atoms with Crippen molar-refractivity contribution in [3.8, 4) is 0 Å². The number of fused-ring (bicyclic) bond motifs is 1. The molecule has 0 bridgehead atoms. The van der Waals surface area contributed by atoms with Crippen molar-refractivity contribution in [1.29, 1.82) is 0 Å². The lowest BCUT2D eigenvalue weighted by Gasteiger charge is -2.19. The van der Waals surface area contributed by atoms with E-state index in [1.54, 1.807) is 12.1 Å². The third-order valence-electron chi connectivity index (χ3n) is 4.28. The lowest BCUT2D eigenvalue weighted by atomic mass is 10.2. The largest absolute Gasteiger partial charge is 0.372 e. The number of carbonyl (C=O) groups is 1. The first-order chi connectivity index (χ1) is 12.6. The van der Waals surface area contributed by atoms with Crippen LogP contribution < -0.4 is 10.2 Å². The normalized spacial score (nSPS) is 10.8. The molecule has 0 radical (unpaired) electrons. The Morgan fingerprint density at radius 1 is 1.19 bits per heavy atom. The maximum Gasteiger partial charge on any atom is 0.220 e. The van der Waals surface area contributed by atoms with Crippen LogP contribution in [0, 0.1) is 5.82 Å². The third-order valence-corrected chi connectivity index (χ3v) is 4.28. The topological polar surface area (TPSA) is 61.0 Å². The van der Waals surface area contributed by atoms with Gasteiger partial charge in [-0.15, -0.1) is 0 Å². The Hall–Kier alpha value is -2.89. The van der Waals surface area contributed by atoms with Gasteiger partial charge in [0, 0.05) is 33.0 Å². The number of H-pyrrole nitrogens is 1. The highest BCUT2D eigenvalue weighted by molar-refractivity contribution is 5.77. The summed E-state index contributed by atoms with van der Waals surface area (Å²) in [6, 6.07) is 14.5. The zero-order valence-corrected chi connectivity index (χ0v) is 14.8. The lowest BCUT2D eigenvalue weighted by molar-refractivity contribution is -0.121. The van der Waals surface area contributed by atoms with E-state index in [-0.39, 0.29) is 11.7 Å². The number of para-hydroxylation sites is 3. The summed E-state index contributed by atoms with van der Waals surface area (Å²) in [5, 5.41) is 2.91. The molecule has 26 heavy (non-hydrogen) atoms. The monoisotopic (exact) mass is 354 g/mol. The molecule has 0 saturated carbocycles. The van der Waals surface area contributed by atoms with Gasteiger partial charge in [-0.2, -0.15) is 0 Å². The van der Waals surface area contributed by atoms with Gasteiger partial charge in [0.15, 0.2) is 0 Å². The van der Waals surface area contributed by atoms with E-state index in [1.807, 2.05) is 42.3 Å². The van der Waals surface area contributed by atoms with Gasteiger partial charge in [-0.05, 0) is 30.7 Å². The maximum atomic E-state index is 13.7. The van der Waals surface area contributed by atoms with Crippen molar-refractivity contribution in [3.63, 3.8) is 0 Å². The fourth-order valence-corrected chi connectivity index (χ4v) is 2.87. The van der Waals surface area contributed by atoms with Crippen molar-refractivity contribution >= 4 is 22.6 Å². The summed E-state index contributed by atoms with van der Waals surface area (Å²) in [6.07, 6.45) is 1.72. The minimum absolute atomic E-state index is 0.000925. The standard InChI is InChI=1S/C20H23FN4O/c1-25(18-10-5-2-7-15(18)21)14-6-13-22-20(26)12-11-19-23-16-8-3-4-9-17(16)24-19/h2-5,7-10H,6,11-14H2,1H3,(H,22,26)(H,23,24). The average molecular weight is 354 g/mol. The summed E-state index contributed by atoms with van der Waals surface area (Å²) in [5.74, 6) is 0.588. The van der Waals surface area contributed by atoms with Crippen molar-refractivity contribution in [3.05, 3.63) is 60.2 Å². The molecule has 1 aromatic heterocycles. The third kappa shape index (κ3) is 4.59. The highest BCUT2D eigenvalue weighted by atomic mass is 19.1. The molecular weight excluding hydrogens is 331 g/mol. The Bertz CT molecular complexity index is 844. The molecule has 1 heterocycles. The van der Waals surface area contributed by atoms with Gasteiger partial charge in [0.25, 0.3) is 0 Å². The predicted molar refractivity (Wildman–Crippen MR) is 102 cm³/mol. The van der Waals surface area contributed by atoms with Gasteiger partial charge in [-0.3, -0.25) is 4.79 Å². The molecule has 3 aromatic rings. The minimum atomic E-state index is -0.232. The van der Waals surface area contributed by atoms with Crippen LogP contribution in [-0.4, -0.2) is 36.0 Å². The number of hydrogen-bond acceptors (Lipinski definition) is 3. The number of imidazole rings is 1. The molecule has 136 valence electrons. The van der Waals surface area contributed by atoms with E-state index in [9.17, 15) is 9.18 Å². The van der Waals surface area contributed by atoms with Crippen LogP contribution in [0.1, 0.15) is 18.7 Å². The second-order valence-corrected chi connectivity index (χ2v) is 6.28. The maximum absolute atomic E-state index is 13.7. The zero-order chi connectivity index (χ0) is 18.4. The van der Waals surface area contributed by atoms with Crippen LogP contribution in [0.3, 0.4) is 0 Å². The molecule has 3 rings (SSSR count). The number of carbonyl (C=O) groups excluding carboxylic acids is 1. The fraction of sp³-hybridized carbons (Fsp3) is 0.300. The molecule has 5 nitrogen and oxygen atoms in total. The summed E-state index contributed by atoms with van der Waals surface area (Å²) in [5.41, 5.74) is 2.47. The quantitative estimate of drug-likeness (QED) is 0.610. The number of amides is 1. The number of halogens is 1. The van der Waals surface area contributed by atoms with E-state index in [1.165, 1.54) is 6.07 Å². The summed E-state index contributed by atoms with van der Waals surface area (Å²) < 4.78 is 13.7. The summed E-state index contributed by atoms with van der Waals surface area (Å²) >= 11 is 0. The highest BCUT2D eigenvalue weighted by Crippen LogP contribution is 2.16. The van der Waals surface area contributed by atoms with Gasteiger partial charge < -0.3 is 15.2 Å². The van der Waals surface area contributed by atoms with Crippen LogP contribution in [0.25, 0.3) is 11.0 Å². The molecular formula is C20H23FN4O. The Labute approximate surface area is 152 Å². The smallest absolute Gasteiger partial charge is 0.220 e. The molecule has 2 N–H and O–H groups in total. The predicted octanol–water partition coefficient (Wildman–Crippen LogP) is 3.28. The number of nitrogens with one attached hydrogen (secondary N) is 2. The van der Waals surface area contributed by atoms with Gasteiger partial charge >= 0.3 is 0 Å². The molecule has 0 aliphatic heterocycles. The van der Waals surface area contributed by atoms with E-state index in [0.717, 1.165) is 23.3 Å². The second-order valence-electron chi connectivity index (χ2n) is 6.28. The Morgan fingerprint density at radius 2 is 1.96 bits per heavy atom. The number of rotatable bonds is 8. The first-order valence-corrected chi connectivity index (χ1v) is 8.79. The van der Waals surface area contributed by atoms with Crippen molar-refractivity contribution in [2.75, 3.05) is 25.0 Å². The van der Waals surface area contributed by atoms with Crippen LogP contribution in [0.5, 0.6) is 0 Å². The summed E-state index contributed by atoms with van der Waals surface area (Å²) in [4.78, 5) is 21.5. The molecule has 0 spiro atoms. The van der Waals surface area contributed by atoms with Crippen LogP contribution in [0.4, 0.5) is 10.1 Å². The second kappa shape index (κ2) is 8.47. The SMILES string of the molecule is CN(CCCNC(=O)CCc1nc2ccccc2[nH]1)c1ccccc1F. The van der Waals surface area contributed by atoms with E-state index < -0.39 is 0 Å². The van der Waals surface area contributed by atoms with E-state index in [2.05, 4.69) is 15.3 Å². The van der Waals surface area contributed by atoms with Gasteiger partial charge in [-0.1, -0.05) is 24.3 Å². The van der Waals surface area contributed by atoms with Crippen LogP contribution in [0.2, 0.25) is 0 Å². The molecule has 0 aliphatic carbocycles. The van der Waals surface area contributed by atoms with Crippen molar-refractivity contribution in [2.45, 2.75) is 19.3 Å². The van der Waals surface area contributed by atoms with E-state index in [0.29, 0.717) is 31.6 Å². The van der Waals surface area contributed by atoms with Crippen molar-refractivity contribution in [1.82, 2.24) is 15.3 Å². The van der Waals surface area contributed by atoms with Crippen LogP contribution >= 0.6 is 0 Å². The van der Waals surface area contributed by atoms with Gasteiger partial charge in [-0.25, -0.2) is 9.37 Å². The summed E-state index contributed by atoms with van der Waals surface area (Å²) in [7, 11) is 1.85. The lowest BCUT2D eigenvalue weighted by Crippen LogP contribution is -2.28. The Kier molecular flexibility index (Phi) is 5.84. The number of anilines is 1. The van der Waals surface area contributed by atoms with E-state index in [4.69, 9.17) is 0 Å². The summed E-state index contributed by atoms with van der Waals surface area (Å²) in [6.45, 7) is 1.24. The molecule has 0 atom stereocenters. The van der Waals surface area contributed by atoms with Crippen molar-refractivity contribution in [2.24, 2.45) is 0 Å². The number of hydrogen-bond donors (Lipinski definition) is 2. The first-order valence-electron chi connectivity index (χ1n) is 8.79.